The van der Waals surface area contributed by atoms with Gasteiger partial charge in [0.15, 0.2) is 0 Å². The second-order valence-electron chi connectivity index (χ2n) is 11.8. The average Bonchev–Trinajstić information content (AvgIpc) is 3.51. The van der Waals surface area contributed by atoms with Crippen LogP contribution in [-0.4, -0.2) is 9.13 Å². The van der Waals surface area contributed by atoms with Gasteiger partial charge in [-0.15, -0.1) is 0 Å². The fourth-order valence-electron chi connectivity index (χ4n) is 6.80. The summed E-state index contributed by atoms with van der Waals surface area (Å²) in [5, 5.41) is 3.40. The van der Waals surface area contributed by atoms with E-state index in [0.717, 1.165) is 50.9 Å². The fourth-order valence-corrected chi connectivity index (χ4v) is 6.80. The minimum absolute atomic E-state index is 0.119. The Morgan fingerprint density at radius 1 is 0.478 bits per heavy atom. The van der Waals surface area contributed by atoms with Crippen molar-refractivity contribution in [3.63, 3.8) is 0 Å². The number of alkyl halides is 3. The largest absolute Gasteiger partial charge is 0.416 e. The molecule has 0 fully saturated rings. The van der Waals surface area contributed by atoms with Crippen molar-refractivity contribution in [3.05, 3.63) is 144 Å². The van der Waals surface area contributed by atoms with Crippen LogP contribution in [0.25, 0.3) is 66.1 Å². The summed E-state index contributed by atoms with van der Waals surface area (Å²) in [6.07, 6.45) is -4.72. The summed E-state index contributed by atoms with van der Waals surface area (Å²) < 4.78 is 78.4. The van der Waals surface area contributed by atoms with Crippen molar-refractivity contribution in [2.24, 2.45) is 0 Å². The molecule has 0 saturated heterocycles. The molecule has 8 rings (SSSR count). The van der Waals surface area contributed by atoms with Crippen LogP contribution in [0, 0.1) is 25.5 Å². The minimum Gasteiger partial charge on any atom is -0.309 e. The Balaban J connectivity index is 1.65. The Morgan fingerprint density at radius 2 is 0.913 bits per heavy atom. The Kier molecular flexibility index (Phi) is 6.13. The normalized spacial score (nSPS) is 12.2. The molecule has 0 aliphatic heterocycles. The third-order valence-corrected chi connectivity index (χ3v) is 8.72. The van der Waals surface area contributed by atoms with E-state index >= 15 is 8.78 Å². The first-order valence-corrected chi connectivity index (χ1v) is 14.8. The number of hydrogen-bond donors (Lipinski definition) is 0. The van der Waals surface area contributed by atoms with Crippen LogP contribution in [0.2, 0.25) is 0 Å². The highest BCUT2D eigenvalue weighted by molar-refractivity contribution is 6.12. The van der Waals surface area contributed by atoms with Crippen LogP contribution in [0.15, 0.2) is 115 Å². The lowest BCUT2D eigenvalue weighted by Gasteiger charge is -2.23. The van der Waals surface area contributed by atoms with Gasteiger partial charge in [0.05, 0.1) is 39.0 Å². The number of para-hydroxylation sites is 2. The number of hydrogen-bond acceptors (Lipinski definition) is 0. The lowest BCUT2D eigenvalue weighted by molar-refractivity contribution is -0.137. The Bertz CT molecular complexity index is 2350. The maximum absolute atomic E-state index is 15.0. The van der Waals surface area contributed by atoms with Gasteiger partial charge in [0.2, 0.25) is 0 Å². The van der Waals surface area contributed by atoms with Crippen molar-refractivity contribution in [1.29, 1.82) is 0 Å². The van der Waals surface area contributed by atoms with E-state index in [9.17, 15) is 13.2 Å². The van der Waals surface area contributed by atoms with Crippen LogP contribution in [0.3, 0.4) is 0 Å². The van der Waals surface area contributed by atoms with Gasteiger partial charge in [-0.3, -0.25) is 0 Å². The predicted octanol–water partition coefficient (Wildman–Crippen LogP) is 11.5. The van der Waals surface area contributed by atoms with Crippen LogP contribution in [0.5, 0.6) is 0 Å². The maximum atomic E-state index is 15.0. The van der Waals surface area contributed by atoms with Gasteiger partial charge in [-0.2, -0.15) is 13.2 Å². The molecule has 0 aliphatic carbocycles. The Hall–Kier alpha value is -5.43. The predicted molar refractivity (Wildman–Crippen MR) is 175 cm³/mol. The van der Waals surface area contributed by atoms with E-state index in [-0.39, 0.29) is 22.5 Å². The number of aryl methyl sites for hydroxylation is 2. The van der Waals surface area contributed by atoms with Crippen LogP contribution < -0.4 is 0 Å². The molecule has 2 heterocycles. The van der Waals surface area contributed by atoms with Crippen LogP contribution in [0.4, 0.5) is 22.0 Å². The van der Waals surface area contributed by atoms with Crippen LogP contribution >= 0.6 is 0 Å². The topological polar surface area (TPSA) is 9.86 Å². The second-order valence-corrected chi connectivity index (χ2v) is 11.8. The highest BCUT2D eigenvalue weighted by Gasteiger charge is 2.34. The van der Waals surface area contributed by atoms with Crippen molar-refractivity contribution in [2.75, 3.05) is 0 Å². The lowest BCUT2D eigenvalue weighted by atomic mass is 9.97. The number of fused-ring (bicyclic) bond motifs is 6. The molecule has 0 spiro atoms. The fraction of sp³-hybridized carbons (Fsp3) is 0.0769. The summed E-state index contributed by atoms with van der Waals surface area (Å²) in [5.74, 6) is -1.66. The Labute approximate surface area is 260 Å². The average molecular weight is 617 g/mol. The molecule has 2 nitrogen and oxygen atoms in total. The molecule has 0 N–H and O–H groups in total. The molecule has 0 saturated carbocycles. The first kappa shape index (κ1) is 28.1. The number of benzene rings is 6. The van der Waals surface area contributed by atoms with Gasteiger partial charge in [0.25, 0.3) is 0 Å². The van der Waals surface area contributed by atoms with Crippen molar-refractivity contribution in [1.82, 2.24) is 9.13 Å². The van der Waals surface area contributed by atoms with E-state index in [4.69, 9.17) is 0 Å². The molecule has 8 aromatic rings. The highest BCUT2D eigenvalue weighted by atomic mass is 19.4. The second kappa shape index (κ2) is 10.0. The Morgan fingerprint density at radius 3 is 1.37 bits per heavy atom. The minimum atomic E-state index is -4.72. The smallest absolute Gasteiger partial charge is 0.309 e. The molecule has 0 atom stereocenters. The molecule has 0 radical (unpaired) electrons. The molecule has 226 valence electrons. The molecule has 7 heteroatoms. The standard InChI is InChI=1S/C39H25F5N2/c1-22-11-13-30-28-7-3-5-9-32(28)45(34(30)15-22)36-19-25(39(42,43)44)20-37(38(36)24-17-26(40)21-27(41)18-24)46-33-10-6-4-8-29(33)31-14-12-23(2)16-35(31)46/h3-21H,1-2H3. The van der Waals surface area contributed by atoms with E-state index in [1.807, 2.05) is 98.8 Å². The summed E-state index contributed by atoms with van der Waals surface area (Å²) in [7, 11) is 0. The summed E-state index contributed by atoms with van der Waals surface area (Å²) in [5.41, 5.74) is 4.36. The SMILES string of the molecule is Cc1ccc2c3ccccc3n(-c3cc(C(F)(F)F)cc(-n4c5ccccc5c5ccc(C)cc54)c3-c3cc(F)cc(F)c3)c2c1. The van der Waals surface area contributed by atoms with E-state index in [2.05, 4.69) is 0 Å². The van der Waals surface area contributed by atoms with Gasteiger partial charge in [-0.25, -0.2) is 8.78 Å². The molecule has 46 heavy (non-hydrogen) atoms. The molecular formula is C39H25F5N2. The summed E-state index contributed by atoms with van der Waals surface area (Å²) in [6, 6.07) is 32.0. The van der Waals surface area contributed by atoms with Gasteiger partial charge in [0, 0.05) is 33.2 Å². The molecule has 6 aromatic carbocycles. The summed E-state index contributed by atoms with van der Waals surface area (Å²) in [4.78, 5) is 0. The third-order valence-electron chi connectivity index (χ3n) is 8.72. The molecule has 0 amide bonds. The first-order chi connectivity index (χ1) is 22.1. The van der Waals surface area contributed by atoms with Crippen molar-refractivity contribution < 1.29 is 22.0 Å². The van der Waals surface area contributed by atoms with Crippen LogP contribution in [-0.2, 0) is 6.18 Å². The number of aromatic nitrogens is 2. The zero-order valence-corrected chi connectivity index (χ0v) is 24.8. The van der Waals surface area contributed by atoms with Crippen molar-refractivity contribution >= 4 is 43.6 Å². The third kappa shape index (κ3) is 4.30. The molecule has 2 aromatic heterocycles. The maximum Gasteiger partial charge on any atom is 0.416 e. The van der Waals surface area contributed by atoms with Crippen LogP contribution in [0.1, 0.15) is 16.7 Å². The van der Waals surface area contributed by atoms with E-state index in [1.165, 1.54) is 12.1 Å². The van der Waals surface area contributed by atoms with Gasteiger partial charge in [-0.1, -0.05) is 60.7 Å². The quantitative estimate of drug-likeness (QED) is 0.175. The van der Waals surface area contributed by atoms with E-state index < -0.39 is 23.4 Å². The van der Waals surface area contributed by atoms with Crippen molar-refractivity contribution in [3.8, 4) is 22.5 Å². The zero-order chi connectivity index (χ0) is 31.9. The van der Waals surface area contributed by atoms with E-state index in [0.29, 0.717) is 22.1 Å². The van der Waals surface area contributed by atoms with Gasteiger partial charge in [-0.05, 0) is 79.1 Å². The highest BCUT2D eigenvalue weighted by Crippen LogP contribution is 2.45. The monoisotopic (exact) mass is 616 g/mol. The molecule has 0 unspecified atom stereocenters. The van der Waals surface area contributed by atoms with Crippen molar-refractivity contribution in [2.45, 2.75) is 20.0 Å². The molecule has 0 aliphatic rings. The summed E-state index contributed by atoms with van der Waals surface area (Å²) in [6.45, 7) is 3.84. The zero-order valence-electron chi connectivity index (χ0n) is 24.8. The number of nitrogens with zero attached hydrogens (tertiary/aromatic N) is 2. The first-order valence-electron chi connectivity index (χ1n) is 14.8. The number of halogens is 5. The van der Waals surface area contributed by atoms with Gasteiger partial charge < -0.3 is 9.13 Å². The van der Waals surface area contributed by atoms with Gasteiger partial charge in [0.1, 0.15) is 11.6 Å². The molecule has 0 bridgehead atoms. The lowest BCUT2D eigenvalue weighted by Crippen LogP contribution is -2.11. The summed E-state index contributed by atoms with van der Waals surface area (Å²) >= 11 is 0. The van der Waals surface area contributed by atoms with E-state index in [1.54, 1.807) is 9.13 Å². The van der Waals surface area contributed by atoms with Gasteiger partial charge >= 0.3 is 6.18 Å². The number of rotatable bonds is 3. The molecular weight excluding hydrogens is 591 g/mol.